The average molecular weight is 478 g/mol. The van der Waals surface area contributed by atoms with Gasteiger partial charge in [-0.2, -0.15) is 5.10 Å². The minimum Gasteiger partial charge on any atom is -0.393 e. The van der Waals surface area contributed by atoms with E-state index in [1.54, 1.807) is 6.20 Å². The molecule has 2 atom stereocenters. The van der Waals surface area contributed by atoms with E-state index in [2.05, 4.69) is 59.7 Å². The number of carbonyl (C=O) groups excluding carboxylic acids is 1. The summed E-state index contributed by atoms with van der Waals surface area (Å²) in [4.78, 5) is 18.3. The highest BCUT2D eigenvalue weighted by Crippen LogP contribution is 2.33. The number of aliphatic hydroxyl groups is 1. The van der Waals surface area contributed by atoms with E-state index < -0.39 is 0 Å². The van der Waals surface area contributed by atoms with Crippen LogP contribution in [0.1, 0.15) is 86.0 Å². The van der Waals surface area contributed by atoms with Gasteiger partial charge in [0.25, 0.3) is 5.91 Å². The van der Waals surface area contributed by atoms with Gasteiger partial charge in [-0.25, -0.2) is 9.67 Å². The second-order valence-corrected chi connectivity index (χ2v) is 10.0. The van der Waals surface area contributed by atoms with Crippen molar-refractivity contribution in [3.8, 4) is 0 Å². The Morgan fingerprint density at radius 3 is 2.54 bits per heavy atom. The quantitative estimate of drug-likeness (QED) is 0.409. The molecule has 1 amide bonds. The van der Waals surface area contributed by atoms with Gasteiger partial charge in [0.05, 0.1) is 35.0 Å². The molecular weight excluding hydrogens is 438 g/mol. The zero-order valence-electron chi connectivity index (χ0n) is 21.6. The second kappa shape index (κ2) is 10.8. The number of amides is 1. The van der Waals surface area contributed by atoms with Gasteiger partial charge in [0, 0.05) is 18.8 Å². The molecule has 3 N–H and O–H groups in total. The molecule has 3 aromatic rings. The first kappa shape index (κ1) is 25.2. The Balaban J connectivity index is 1.64. The van der Waals surface area contributed by atoms with Crippen LogP contribution in [0.2, 0.25) is 0 Å². The topological polar surface area (TPSA) is 92.1 Å². The van der Waals surface area contributed by atoms with Gasteiger partial charge in [-0.15, -0.1) is 0 Å². The molecule has 1 fully saturated rings. The number of pyridine rings is 1. The highest BCUT2D eigenvalue weighted by molar-refractivity contribution is 6.06. The first-order chi connectivity index (χ1) is 16.8. The second-order valence-electron chi connectivity index (χ2n) is 10.0. The summed E-state index contributed by atoms with van der Waals surface area (Å²) < 4.78 is 1.86. The van der Waals surface area contributed by atoms with Gasteiger partial charge in [-0.05, 0) is 76.8 Å². The highest BCUT2D eigenvalue weighted by Gasteiger charge is 2.27. The van der Waals surface area contributed by atoms with Gasteiger partial charge in [-0.1, -0.05) is 30.7 Å². The van der Waals surface area contributed by atoms with Crippen LogP contribution in [-0.2, 0) is 6.54 Å². The van der Waals surface area contributed by atoms with Crippen molar-refractivity contribution in [3.63, 3.8) is 0 Å². The number of aliphatic hydroxyl groups excluding tert-OH is 1. The molecule has 0 radical (unpaired) electrons. The van der Waals surface area contributed by atoms with Crippen molar-refractivity contribution in [3.05, 3.63) is 52.8 Å². The molecule has 2 unspecified atom stereocenters. The summed E-state index contributed by atoms with van der Waals surface area (Å²) in [6.07, 6.45) is 7.89. The number of aromatic nitrogens is 3. The Morgan fingerprint density at radius 1 is 1.17 bits per heavy atom. The Bertz CT molecular complexity index is 1180. The molecule has 1 saturated carbocycles. The number of hydrogen-bond donors (Lipinski definition) is 3. The fraction of sp³-hybridized carbons (Fsp3) is 0.536. The summed E-state index contributed by atoms with van der Waals surface area (Å²) in [7, 11) is 0. The lowest BCUT2D eigenvalue weighted by Gasteiger charge is -2.31. The van der Waals surface area contributed by atoms with Crippen molar-refractivity contribution < 1.29 is 9.90 Å². The largest absolute Gasteiger partial charge is 0.393 e. The molecule has 7 nitrogen and oxygen atoms in total. The van der Waals surface area contributed by atoms with Crippen molar-refractivity contribution in [2.24, 2.45) is 5.92 Å². The molecular formula is C28H39N5O2. The molecule has 2 aromatic heterocycles. The van der Waals surface area contributed by atoms with Crippen molar-refractivity contribution >= 4 is 22.6 Å². The molecule has 0 spiro atoms. The van der Waals surface area contributed by atoms with Crippen LogP contribution in [0.4, 0.5) is 5.69 Å². The van der Waals surface area contributed by atoms with Crippen LogP contribution < -0.4 is 10.6 Å². The summed E-state index contributed by atoms with van der Waals surface area (Å²) in [6.45, 7) is 10.9. The van der Waals surface area contributed by atoms with Crippen LogP contribution >= 0.6 is 0 Å². The maximum absolute atomic E-state index is 13.6. The minimum atomic E-state index is -0.274. The van der Waals surface area contributed by atoms with Crippen molar-refractivity contribution in [1.82, 2.24) is 20.1 Å². The summed E-state index contributed by atoms with van der Waals surface area (Å²) >= 11 is 0. The maximum atomic E-state index is 13.6. The third kappa shape index (κ3) is 5.35. The molecule has 7 heteroatoms. The van der Waals surface area contributed by atoms with Crippen molar-refractivity contribution in [2.45, 2.75) is 91.5 Å². The lowest BCUT2D eigenvalue weighted by molar-refractivity contribution is 0.0936. The van der Waals surface area contributed by atoms with E-state index in [0.717, 1.165) is 54.4 Å². The van der Waals surface area contributed by atoms with E-state index in [4.69, 9.17) is 0 Å². The van der Waals surface area contributed by atoms with Gasteiger partial charge in [0.2, 0.25) is 0 Å². The monoisotopic (exact) mass is 477 g/mol. The van der Waals surface area contributed by atoms with Gasteiger partial charge in [0.1, 0.15) is 0 Å². The van der Waals surface area contributed by atoms with Crippen LogP contribution in [0.3, 0.4) is 0 Å². The number of nitrogens with zero attached hydrogens (tertiary/aromatic N) is 3. The van der Waals surface area contributed by atoms with Gasteiger partial charge < -0.3 is 15.7 Å². The van der Waals surface area contributed by atoms with E-state index in [1.807, 2.05) is 24.7 Å². The predicted octanol–water partition coefficient (Wildman–Crippen LogP) is 5.30. The SMILES string of the molecule is CCC(NC(=O)c1cnc2c(cnn2CC)c1N[C@H]1CC[C@@H](C(C)O)CC1)c1ccc(C)cc1C. The fourth-order valence-corrected chi connectivity index (χ4v) is 5.39. The third-order valence-electron chi connectivity index (χ3n) is 7.53. The van der Waals surface area contributed by atoms with E-state index in [1.165, 1.54) is 11.1 Å². The highest BCUT2D eigenvalue weighted by atomic mass is 16.3. The minimum absolute atomic E-state index is 0.0773. The number of rotatable bonds is 8. The van der Waals surface area contributed by atoms with Crippen LogP contribution in [-0.4, -0.2) is 37.9 Å². The van der Waals surface area contributed by atoms with E-state index in [-0.39, 0.29) is 24.1 Å². The number of aryl methyl sites for hydroxylation is 3. The van der Waals surface area contributed by atoms with Gasteiger partial charge >= 0.3 is 0 Å². The molecule has 0 aliphatic heterocycles. The smallest absolute Gasteiger partial charge is 0.255 e. The number of anilines is 1. The zero-order chi connectivity index (χ0) is 25.1. The molecule has 188 valence electrons. The van der Waals surface area contributed by atoms with E-state index in [9.17, 15) is 9.90 Å². The number of carbonyl (C=O) groups is 1. The molecule has 2 heterocycles. The maximum Gasteiger partial charge on any atom is 0.255 e. The third-order valence-corrected chi connectivity index (χ3v) is 7.53. The van der Waals surface area contributed by atoms with E-state index >= 15 is 0 Å². The summed E-state index contributed by atoms with van der Waals surface area (Å²) in [5, 5.41) is 22.3. The van der Waals surface area contributed by atoms with Gasteiger partial charge in [0.15, 0.2) is 5.65 Å². The molecule has 1 aliphatic rings. The Kier molecular flexibility index (Phi) is 7.75. The van der Waals surface area contributed by atoms with E-state index in [0.29, 0.717) is 18.0 Å². The van der Waals surface area contributed by atoms with Crippen molar-refractivity contribution in [1.29, 1.82) is 0 Å². The lowest BCUT2D eigenvalue weighted by atomic mass is 9.83. The molecule has 0 saturated heterocycles. The molecule has 35 heavy (non-hydrogen) atoms. The summed E-state index contributed by atoms with van der Waals surface area (Å²) in [6, 6.07) is 6.54. The van der Waals surface area contributed by atoms with Gasteiger partial charge in [-0.3, -0.25) is 4.79 Å². The summed E-state index contributed by atoms with van der Waals surface area (Å²) in [5.41, 5.74) is 5.68. The first-order valence-corrected chi connectivity index (χ1v) is 13.0. The summed E-state index contributed by atoms with van der Waals surface area (Å²) in [5.74, 6) is 0.217. The number of benzene rings is 1. The molecule has 1 aliphatic carbocycles. The number of hydrogen-bond acceptors (Lipinski definition) is 5. The number of fused-ring (bicyclic) bond motifs is 1. The first-order valence-electron chi connectivity index (χ1n) is 13.0. The molecule has 4 rings (SSSR count). The average Bonchev–Trinajstić information content (AvgIpc) is 3.27. The Hall–Kier alpha value is -2.93. The Morgan fingerprint density at radius 2 is 1.91 bits per heavy atom. The van der Waals surface area contributed by atoms with Crippen LogP contribution in [0.15, 0.2) is 30.6 Å². The van der Waals surface area contributed by atoms with Crippen LogP contribution in [0.5, 0.6) is 0 Å². The number of nitrogens with one attached hydrogen (secondary N) is 2. The van der Waals surface area contributed by atoms with Crippen LogP contribution in [0.25, 0.3) is 11.0 Å². The predicted molar refractivity (Wildman–Crippen MR) is 141 cm³/mol. The van der Waals surface area contributed by atoms with Crippen molar-refractivity contribution in [2.75, 3.05) is 5.32 Å². The Labute approximate surface area is 208 Å². The standard InChI is InChI=1S/C28H39N5O2/c1-6-25(22-13-8-17(3)14-18(22)4)32-28(35)24-15-29-27-23(16-30-33(27)7-2)26(24)31-21-11-9-20(10-12-21)19(5)34/h8,13-16,19-21,25,34H,6-7,9-12H2,1-5H3,(H,29,31)(H,32,35)/t19?,20-,21+,25?. The fourth-order valence-electron chi connectivity index (χ4n) is 5.39. The molecule has 0 bridgehead atoms. The normalized spacial score (nSPS) is 19.9. The zero-order valence-corrected chi connectivity index (χ0v) is 21.6. The lowest BCUT2D eigenvalue weighted by Crippen LogP contribution is -2.32. The molecule has 1 aromatic carbocycles. The van der Waals surface area contributed by atoms with Crippen LogP contribution in [0, 0.1) is 19.8 Å².